The Morgan fingerprint density at radius 3 is 2.70 bits per heavy atom. The predicted octanol–water partition coefficient (Wildman–Crippen LogP) is 2.62. The smallest absolute Gasteiger partial charge is 0.255 e. The quantitative estimate of drug-likeness (QED) is 0.803. The Hall–Kier alpha value is -2.51. The normalized spacial score (nSPS) is 16.0. The summed E-state index contributed by atoms with van der Waals surface area (Å²) in [7, 11) is 3.21. The molecule has 2 heterocycles. The van der Waals surface area contributed by atoms with Gasteiger partial charge in [0.15, 0.2) is 0 Å². The third-order valence-corrected chi connectivity index (χ3v) is 4.65. The summed E-state index contributed by atoms with van der Waals surface area (Å²) in [6, 6.07) is 7.06. The molecule has 1 aliphatic heterocycles. The minimum Gasteiger partial charge on any atom is -0.497 e. The van der Waals surface area contributed by atoms with Crippen molar-refractivity contribution in [2.24, 2.45) is 0 Å². The minimum atomic E-state index is -0.250. The molecule has 0 bridgehead atoms. The molecule has 1 atom stereocenters. The Kier molecular flexibility index (Phi) is 6.36. The molecule has 1 saturated heterocycles. The molecule has 1 aromatic carbocycles. The number of rotatable bonds is 7. The van der Waals surface area contributed by atoms with Crippen LogP contribution in [0.1, 0.15) is 34.6 Å². The van der Waals surface area contributed by atoms with Crippen molar-refractivity contribution in [3.8, 4) is 11.5 Å². The predicted molar refractivity (Wildman–Crippen MR) is 100 cm³/mol. The molecule has 0 spiro atoms. The molecule has 27 heavy (non-hydrogen) atoms. The molecule has 3 rings (SSSR count). The van der Waals surface area contributed by atoms with Crippen molar-refractivity contribution in [3.63, 3.8) is 0 Å². The van der Waals surface area contributed by atoms with Gasteiger partial charge in [0.2, 0.25) is 0 Å². The highest BCUT2D eigenvalue weighted by atomic mass is 16.5. The van der Waals surface area contributed by atoms with Crippen molar-refractivity contribution >= 4 is 5.91 Å². The van der Waals surface area contributed by atoms with Crippen molar-refractivity contribution in [2.75, 3.05) is 40.5 Å². The fourth-order valence-electron chi connectivity index (χ4n) is 3.10. The first-order chi connectivity index (χ1) is 13.1. The van der Waals surface area contributed by atoms with E-state index in [0.29, 0.717) is 23.6 Å². The number of hydrogen-bond acceptors (Lipinski definition) is 6. The van der Waals surface area contributed by atoms with Crippen molar-refractivity contribution < 1.29 is 23.4 Å². The second-order valence-corrected chi connectivity index (χ2v) is 6.49. The van der Waals surface area contributed by atoms with E-state index in [1.165, 1.54) is 6.26 Å². The van der Waals surface area contributed by atoms with Crippen LogP contribution in [-0.4, -0.2) is 51.3 Å². The lowest BCUT2D eigenvalue weighted by Gasteiger charge is -2.25. The highest BCUT2D eigenvalue weighted by Crippen LogP contribution is 2.29. The van der Waals surface area contributed by atoms with Gasteiger partial charge in [0.05, 0.1) is 45.6 Å². The molecule has 1 aromatic heterocycles. The van der Waals surface area contributed by atoms with Gasteiger partial charge in [-0.25, -0.2) is 0 Å². The second kappa shape index (κ2) is 8.92. The van der Waals surface area contributed by atoms with Crippen LogP contribution in [0.4, 0.5) is 0 Å². The molecule has 0 aliphatic carbocycles. The summed E-state index contributed by atoms with van der Waals surface area (Å²) >= 11 is 0. The first kappa shape index (κ1) is 19.3. The molecular weight excluding hydrogens is 348 g/mol. The topological polar surface area (TPSA) is 73.2 Å². The fourth-order valence-corrected chi connectivity index (χ4v) is 3.10. The summed E-state index contributed by atoms with van der Waals surface area (Å²) in [5.74, 6) is 1.99. The average Bonchev–Trinajstić information content (AvgIpc) is 3.16. The van der Waals surface area contributed by atoms with Crippen LogP contribution in [0.3, 0.4) is 0 Å². The van der Waals surface area contributed by atoms with Gasteiger partial charge in [-0.15, -0.1) is 0 Å². The van der Waals surface area contributed by atoms with E-state index in [9.17, 15) is 4.79 Å². The third kappa shape index (κ3) is 4.81. The summed E-state index contributed by atoms with van der Waals surface area (Å²) in [6.45, 7) is 5.78. The number of amides is 1. The van der Waals surface area contributed by atoms with Gasteiger partial charge in [-0.3, -0.25) is 9.69 Å². The number of morpholine rings is 1. The standard InChI is InChI=1S/C20H26N2O5/c1-14(18-11-16(24-2)4-5-19(18)25-3)21-20(23)15-10-17(27-13-15)12-22-6-8-26-9-7-22/h4-5,10-11,13-14H,6-9,12H2,1-3H3,(H,21,23)/t14-/m0/s1. The Morgan fingerprint density at radius 2 is 2.00 bits per heavy atom. The summed E-state index contributed by atoms with van der Waals surface area (Å²) in [5.41, 5.74) is 1.36. The molecule has 1 fully saturated rings. The number of carbonyl (C=O) groups is 1. The van der Waals surface area contributed by atoms with Crippen molar-refractivity contribution in [3.05, 3.63) is 47.4 Å². The van der Waals surface area contributed by atoms with Crippen molar-refractivity contribution in [1.29, 1.82) is 0 Å². The molecular formula is C20H26N2O5. The minimum absolute atomic E-state index is 0.190. The van der Waals surface area contributed by atoms with E-state index in [-0.39, 0.29) is 11.9 Å². The maximum atomic E-state index is 12.6. The summed E-state index contributed by atoms with van der Waals surface area (Å²) < 4.78 is 21.6. The Labute approximate surface area is 159 Å². The van der Waals surface area contributed by atoms with E-state index in [0.717, 1.165) is 37.6 Å². The van der Waals surface area contributed by atoms with E-state index in [1.807, 2.05) is 25.1 Å². The zero-order chi connectivity index (χ0) is 19.2. The Bertz CT molecular complexity index is 767. The van der Waals surface area contributed by atoms with Gasteiger partial charge in [-0.05, 0) is 31.2 Å². The van der Waals surface area contributed by atoms with E-state index < -0.39 is 0 Å². The molecule has 146 valence electrons. The number of methoxy groups -OCH3 is 2. The lowest BCUT2D eigenvalue weighted by molar-refractivity contribution is 0.0313. The average molecular weight is 374 g/mol. The number of nitrogens with zero attached hydrogens (tertiary/aromatic N) is 1. The second-order valence-electron chi connectivity index (χ2n) is 6.49. The molecule has 2 aromatic rings. The maximum absolute atomic E-state index is 12.6. The SMILES string of the molecule is COc1ccc(OC)c([C@H](C)NC(=O)c2coc(CN3CCOCC3)c2)c1. The zero-order valence-corrected chi connectivity index (χ0v) is 16.0. The Balaban J connectivity index is 1.65. The molecule has 1 amide bonds. The van der Waals surface area contributed by atoms with Crippen LogP contribution in [0.5, 0.6) is 11.5 Å². The van der Waals surface area contributed by atoms with Gasteiger partial charge in [0, 0.05) is 18.7 Å². The lowest BCUT2D eigenvalue weighted by atomic mass is 10.1. The van der Waals surface area contributed by atoms with Gasteiger partial charge in [-0.1, -0.05) is 0 Å². The van der Waals surface area contributed by atoms with Gasteiger partial charge in [0.1, 0.15) is 23.5 Å². The molecule has 0 unspecified atom stereocenters. The summed E-state index contributed by atoms with van der Waals surface area (Å²) in [5, 5.41) is 2.99. The van der Waals surface area contributed by atoms with Crippen LogP contribution in [-0.2, 0) is 11.3 Å². The Morgan fingerprint density at radius 1 is 1.22 bits per heavy atom. The highest BCUT2D eigenvalue weighted by molar-refractivity contribution is 5.94. The number of hydrogen-bond donors (Lipinski definition) is 1. The summed E-state index contributed by atoms with van der Waals surface area (Å²) in [6.07, 6.45) is 1.50. The first-order valence-electron chi connectivity index (χ1n) is 9.01. The number of nitrogens with one attached hydrogen (secondary N) is 1. The number of furan rings is 1. The number of benzene rings is 1. The molecule has 7 heteroatoms. The third-order valence-electron chi connectivity index (χ3n) is 4.65. The maximum Gasteiger partial charge on any atom is 0.255 e. The monoisotopic (exact) mass is 374 g/mol. The van der Waals surface area contributed by atoms with Crippen LogP contribution >= 0.6 is 0 Å². The number of carbonyl (C=O) groups excluding carboxylic acids is 1. The van der Waals surface area contributed by atoms with E-state index in [1.54, 1.807) is 20.3 Å². The molecule has 7 nitrogen and oxygen atoms in total. The molecule has 0 radical (unpaired) electrons. The van der Waals surface area contributed by atoms with Crippen LogP contribution in [0.15, 0.2) is 34.9 Å². The highest BCUT2D eigenvalue weighted by Gasteiger charge is 2.19. The van der Waals surface area contributed by atoms with Crippen molar-refractivity contribution in [2.45, 2.75) is 19.5 Å². The van der Waals surface area contributed by atoms with Gasteiger partial charge in [-0.2, -0.15) is 0 Å². The van der Waals surface area contributed by atoms with Gasteiger partial charge >= 0.3 is 0 Å². The van der Waals surface area contributed by atoms with Crippen LogP contribution < -0.4 is 14.8 Å². The molecule has 1 N–H and O–H groups in total. The lowest BCUT2D eigenvalue weighted by Crippen LogP contribution is -2.35. The van der Waals surface area contributed by atoms with E-state index >= 15 is 0 Å². The fraction of sp³-hybridized carbons (Fsp3) is 0.450. The van der Waals surface area contributed by atoms with Gasteiger partial charge < -0.3 is 23.9 Å². The summed E-state index contributed by atoms with van der Waals surface area (Å²) in [4.78, 5) is 14.9. The molecule has 0 saturated carbocycles. The van der Waals surface area contributed by atoms with Gasteiger partial charge in [0.25, 0.3) is 5.91 Å². The number of ether oxygens (including phenoxy) is 3. The van der Waals surface area contributed by atoms with Crippen LogP contribution in [0, 0.1) is 0 Å². The van der Waals surface area contributed by atoms with E-state index in [2.05, 4.69) is 10.2 Å². The van der Waals surface area contributed by atoms with Crippen molar-refractivity contribution in [1.82, 2.24) is 10.2 Å². The first-order valence-corrected chi connectivity index (χ1v) is 9.01. The van der Waals surface area contributed by atoms with Crippen LogP contribution in [0.2, 0.25) is 0 Å². The molecule has 1 aliphatic rings. The van der Waals surface area contributed by atoms with Crippen LogP contribution in [0.25, 0.3) is 0 Å². The van der Waals surface area contributed by atoms with E-state index in [4.69, 9.17) is 18.6 Å². The largest absolute Gasteiger partial charge is 0.497 e. The zero-order valence-electron chi connectivity index (χ0n) is 16.0.